The molecular weight excluding hydrogens is 324 g/mol. The Bertz CT molecular complexity index is 719. The summed E-state index contributed by atoms with van der Waals surface area (Å²) in [5.41, 5.74) is 3.55. The molecule has 0 bridgehead atoms. The van der Waals surface area contributed by atoms with Crippen molar-refractivity contribution < 1.29 is 9.53 Å². The highest BCUT2D eigenvalue weighted by Gasteiger charge is 2.25. The summed E-state index contributed by atoms with van der Waals surface area (Å²) in [5.74, 6) is 1.10. The lowest BCUT2D eigenvalue weighted by molar-refractivity contribution is -0.125. The van der Waals surface area contributed by atoms with E-state index in [9.17, 15) is 4.79 Å². The maximum Gasteiger partial charge on any atom is 0.223 e. The van der Waals surface area contributed by atoms with Crippen LogP contribution < -0.4 is 15.0 Å². The van der Waals surface area contributed by atoms with Gasteiger partial charge in [-0.15, -0.1) is 0 Å². The fourth-order valence-corrected chi connectivity index (χ4v) is 3.43. The van der Waals surface area contributed by atoms with Gasteiger partial charge in [0.25, 0.3) is 0 Å². The number of benzene rings is 2. The van der Waals surface area contributed by atoms with Gasteiger partial charge in [-0.2, -0.15) is 0 Å². The number of piperidine rings is 1. The molecule has 1 N–H and O–H groups in total. The van der Waals surface area contributed by atoms with Crippen LogP contribution in [0.25, 0.3) is 0 Å². The predicted molar refractivity (Wildman–Crippen MR) is 106 cm³/mol. The lowest BCUT2D eigenvalue weighted by Gasteiger charge is -2.33. The monoisotopic (exact) mass is 352 g/mol. The minimum absolute atomic E-state index is 0.0935. The van der Waals surface area contributed by atoms with E-state index >= 15 is 0 Å². The van der Waals surface area contributed by atoms with Crippen LogP contribution in [0.4, 0.5) is 5.69 Å². The molecule has 1 amide bonds. The van der Waals surface area contributed by atoms with Gasteiger partial charge >= 0.3 is 0 Å². The van der Waals surface area contributed by atoms with Gasteiger partial charge in [-0.05, 0) is 44.9 Å². The van der Waals surface area contributed by atoms with E-state index in [1.807, 2.05) is 31.2 Å². The van der Waals surface area contributed by atoms with Crippen molar-refractivity contribution in [3.05, 3.63) is 59.7 Å². The van der Waals surface area contributed by atoms with E-state index in [2.05, 4.69) is 41.4 Å². The minimum atomic E-state index is 0.0935. The van der Waals surface area contributed by atoms with Gasteiger partial charge in [0.1, 0.15) is 5.75 Å². The summed E-state index contributed by atoms with van der Waals surface area (Å²) < 4.78 is 5.63. The second-order valence-corrected chi connectivity index (χ2v) is 6.86. The third-order valence-electron chi connectivity index (χ3n) is 4.99. The summed E-state index contributed by atoms with van der Waals surface area (Å²) in [7, 11) is 0. The lowest BCUT2D eigenvalue weighted by Crippen LogP contribution is -2.40. The average molecular weight is 352 g/mol. The van der Waals surface area contributed by atoms with E-state index in [1.165, 1.54) is 11.3 Å². The molecule has 1 saturated heterocycles. The smallest absolute Gasteiger partial charge is 0.223 e. The molecule has 1 fully saturated rings. The predicted octanol–water partition coefficient (Wildman–Crippen LogP) is 3.93. The van der Waals surface area contributed by atoms with Gasteiger partial charge in [-0.3, -0.25) is 4.79 Å². The molecule has 0 aromatic heterocycles. The topological polar surface area (TPSA) is 41.6 Å². The van der Waals surface area contributed by atoms with Crippen LogP contribution in [0.15, 0.2) is 48.5 Å². The highest BCUT2D eigenvalue weighted by molar-refractivity contribution is 5.79. The number of carbonyl (C=O) groups is 1. The van der Waals surface area contributed by atoms with E-state index in [1.54, 1.807) is 0 Å². The van der Waals surface area contributed by atoms with Crippen LogP contribution in [0, 0.1) is 12.8 Å². The van der Waals surface area contributed by atoms with E-state index < -0.39 is 0 Å². The number of hydrogen-bond donors (Lipinski definition) is 1. The Morgan fingerprint density at radius 1 is 1.12 bits per heavy atom. The molecule has 0 radical (unpaired) electrons. The van der Waals surface area contributed by atoms with Gasteiger partial charge in [-0.1, -0.05) is 35.9 Å². The van der Waals surface area contributed by atoms with Gasteiger partial charge in [0, 0.05) is 36.8 Å². The molecule has 1 aliphatic heterocycles. The number of carbonyl (C=O) groups excluding carboxylic acids is 1. The summed E-state index contributed by atoms with van der Waals surface area (Å²) >= 11 is 0. The molecule has 2 aromatic carbocycles. The van der Waals surface area contributed by atoms with Crippen molar-refractivity contribution in [2.75, 3.05) is 24.6 Å². The van der Waals surface area contributed by atoms with Crippen LogP contribution in [-0.2, 0) is 11.3 Å². The molecule has 0 unspecified atom stereocenters. The molecule has 26 heavy (non-hydrogen) atoms. The largest absolute Gasteiger partial charge is 0.494 e. The second-order valence-electron chi connectivity index (χ2n) is 6.86. The number of nitrogens with zero attached hydrogens (tertiary/aromatic N) is 1. The van der Waals surface area contributed by atoms with E-state index in [-0.39, 0.29) is 11.8 Å². The number of anilines is 1. The fourth-order valence-electron chi connectivity index (χ4n) is 3.43. The van der Waals surface area contributed by atoms with Crippen LogP contribution in [0.3, 0.4) is 0 Å². The summed E-state index contributed by atoms with van der Waals surface area (Å²) in [4.78, 5) is 14.9. The number of hydrogen-bond acceptors (Lipinski definition) is 3. The zero-order valence-electron chi connectivity index (χ0n) is 15.7. The lowest BCUT2D eigenvalue weighted by atomic mass is 9.95. The van der Waals surface area contributed by atoms with Crippen molar-refractivity contribution in [2.24, 2.45) is 5.92 Å². The highest BCUT2D eigenvalue weighted by atomic mass is 16.5. The summed E-state index contributed by atoms with van der Waals surface area (Å²) in [5, 5.41) is 3.09. The second kappa shape index (κ2) is 8.75. The van der Waals surface area contributed by atoms with Crippen molar-refractivity contribution in [3.8, 4) is 5.75 Å². The highest BCUT2D eigenvalue weighted by Crippen LogP contribution is 2.24. The maximum absolute atomic E-state index is 12.6. The van der Waals surface area contributed by atoms with Crippen molar-refractivity contribution in [1.82, 2.24) is 5.32 Å². The van der Waals surface area contributed by atoms with E-state index in [4.69, 9.17) is 4.74 Å². The number of para-hydroxylation sites is 1. The Labute approximate surface area is 156 Å². The molecule has 0 spiro atoms. The zero-order chi connectivity index (χ0) is 18.4. The molecule has 0 saturated carbocycles. The Kier molecular flexibility index (Phi) is 6.16. The van der Waals surface area contributed by atoms with Gasteiger partial charge in [-0.25, -0.2) is 0 Å². The molecule has 2 aromatic rings. The summed E-state index contributed by atoms with van der Waals surface area (Å²) in [6.45, 7) is 7.07. The normalized spacial score (nSPS) is 14.9. The van der Waals surface area contributed by atoms with Gasteiger partial charge in [0.05, 0.1) is 6.61 Å². The van der Waals surface area contributed by atoms with Crippen LogP contribution in [0.1, 0.15) is 30.9 Å². The fraction of sp³-hybridized carbons (Fsp3) is 0.409. The van der Waals surface area contributed by atoms with Crippen molar-refractivity contribution in [2.45, 2.75) is 33.2 Å². The maximum atomic E-state index is 12.6. The first kappa shape index (κ1) is 18.3. The van der Waals surface area contributed by atoms with Crippen LogP contribution in [0.2, 0.25) is 0 Å². The van der Waals surface area contributed by atoms with Crippen LogP contribution >= 0.6 is 0 Å². The number of rotatable bonds is 6. The molecule has 1 aliphatic rings. The first-order valence-corrected chi connectivity index (χ1v) is 9.47. The third-order valence-corrected chi connectivity index (χ3v) is 4.99. The summed E-state index contributed by atoms with van der Waals surface area (Å²) in [6.07, 6.45) is 1.79. The van der Waals surface area contributed by atoms with Crippen LogP contribution in [-0.4, -0.2) is 25.6 Å². The van der Waals surface area contributed by atoms with Gasteiger partial charge in [0.2, 0.25) is 5.91 Å². The van der Waals surface area contributed by atoms with Crippen molar-refractivity contribution in [1.29, 1.82) is 0 Å². The molecule has 0 atom stereocenters. The Morgan fingerprint density at radius 3 is 2.50 bits per heavy atom. The molecule has 138 valence electrons. The van der Waals surface area contributed by atoms with Crippen LogP contribution in [0.5, 0.6) is 5.75 Å². The molecular formula is C22H28N2O2. The number of amides is 1. The third kappa shape index (κ3) is 4.57. The molecule has 3 rings (SSSR count). The summed E-state index contributed by atoms with van der Waals surface area (Å²) in [6, 6.07) is 16.5. The van der Waals surface area contributed by atoms with Gasteiger partial charge in [0.15, 0.2) is 0 Å². The first-order valence-electron chi connectivity index (χ1n) is 9.47. The Balaban J connectivity index is 1.50. The first-order chi connectivity index (χ1) is 12.7. The zero-order valence-corrected chi connectivity index (χ0v) is 15.7. The molecule has 4 heteroatoms. The minimum Gasteiger partial charge on any atom is -0.494 e. The standard InChI is InChI=1S/C22H28N2O2/c1-3-26-21-7-5-4-6-19(21)16-23-22(25)18-12-14-24(15-13-18)20-10-8-17(2)9-11-20/h4-11,18H,3,12-16H2,1-2H3,(H,23,25). The van der Waals surface area contributed by atoms with Crippen molar-refractivity contribution >= 4 is 11.6 Å². The van der Waals surface area contributed by atoms with Crippen molar-refractivity contribution in [3.63, 3.8) is 0 Å². The number of ether oxygens (including phenoxy) is 1. The van der Waals surface area contributed by atoms with Gasteiger partial charge < -0.3 is 15.0 Å². The SMILES string of the molecule is CCOc1ccccc1CNC(=O)C1CCN(c2ccc(C)cc2)CC1. The number of nitrogens with one attached hydrogen (secondary N) is 1. The Morgan fingerprint density at radius 2 is 1.81 bits per heavy atom. The average Bonchev–Trinajstić information content (AvgIpc) is 2.68. The molecule has 1 heterocycles. The van der Waals surface area contributed by atoms with E-state index in [0.717, 1.165) is 37.2 Å². The molecule has 0 aliphatic carbocycles. The Hall–Kier alpha value is -2.49. The van der Waals surface area contributed by atoms with E-state index in [0.29, 0.717) is 13.2 Å². The number of aryl methyl sites for hydroxylation is 1. The quantitative estimate of drug-likeness (QED) is 0.856. The molecule has 4 nitrogen and oxygen atoms in total.